The fourth-order valence-corrected chi connectivity index (χ4v) is 3.55. The highest BCUT2D eigenvalue weighted by Crippen LogP contribution is 2.24. The monoisotopic (exact) mass is 431 g/mol. The normalized spacial score (nSPS) is 10.6. The van der Waals surface area contributed by atoms with E-state index < -0.39 is 0 Å². The Bertz CT molecular complexity index is 681. The Kier molecular flexibility index (Phi) is 7.77. The first-order valence-corrected chi connectivity index (χ1v) is 9.78. The van der Waals surface area contributed by atoms with Crippen LogP contribution < -0.4 is 5.32 Å². The smallest absolute Gasteiger partial charge is 0.224 e. The quantitative estimate of drug-likeness (QED) is 0.597. The standard InChI is InChI=1S/C17H16BrCl2NOS/c18-14-3-1-2-12(8-14)10-17(22)21-6-7-23-11-13-4-5-15(19)16(20)9-13/h1-5,8-9H,6-7,10-11H2,(H,21,22). The Labute approximate surface area is 159 Å². The molecule has 2 rings (SSSR count). The second kappa shape index (κ2) is 9.58. The van der Waals surface area contributed by atoms with Gasteiger partial charge in [-0.1, -0.05) is 57.3 Å². The Morgan fingerprint density at radius 1 is 1.09 bits per heavy atom. The maximum atomic E-state index is 11.9. The molecule has 1 N–H and O–H groups in total. The van der Waals surface area contributed by atoms with Crippen LogP contribution in [0, 0.1) is 0 Å². The number of benzene rings is 2. The van der Waals surface area contributed by atoms with E-state index in [4.69, 9.17) is 23.2 Å². The van der Waals surface area contributed by atoms with Gasteiger partial charge in [-0.3, -0.25) is 4.79 Å². The molecule has 0 bridgehead atoms. The van der Waals surface area contributed by atoms with Gasteiger partial charge in [0.15, 0.2) is 0 Å². The van der Waals surface area contributed by atoms with Crippen LogP contribution in [0.3, 0.4) is 0 Å². The van der Waals surface area contributed by atoms with Crippen LogP contribution in [0.4, 0.5) is 0 Å². The molecule has 0 aliphatic carbocycles. The molecule has 23 heavy (non-hydrogen) atoms. The van der Waals surface area contributed by atoms with Crippen molar-refractivity contribution in [3.8, 4) is 0 Å². The Morgan fingerprint density at radius 2 is 1.91 bits per heavy atom. The number of hydrogen-bond acceptors (Lipinski definition) is 2. The number of thioether (sulfide) groups is 1. The summed E-state index contributed by atoms with van der Waals surface area (Å²) < 4.78 is 0.986. The van der Waals surface area contributed by atoms with Crippen molar-refractivity contribution in [3.05, 3.63) is 68.1 Å². The van der Waals surface area contributed by atoms with E-state index in [1.54, 1.807) is 17.8 Å². The van der Waals surface area contributed by atoms with Gasteiger partial charge < -0.3 is 5.32 Å². The number of carbonyl (C=O) groups excluding carboxylic acids is 1. The first-order chi connectivity index (χ1) is 11.0. The molecule has 2 aromatic carbocycles. The van der Waals surface area contributed by atoms with Crippen molar-refractivity contribution >= 4 is 56.8 Å². The van der Waals surface area contributed by atoms with Gasteiger partial charge in [0.05, 0.1) is 16.5 Å². The van der Waals surface area contributed by atoms with E-state index >= 15 is 0 Å². The summed E-state index contributed by atoms with van der Waals surface area (Å²) in [6.07, 6.45) is 0.400. The molecule has 0 radical (unpaired) electrons. The topological polar surface area (TPSA) is 29.1 Å². The molecular formula is C17H16BrCl2NOS. The van der Waals surface area contributed by atoms with Gasteiger partial charge in [0.1, 0.15) is 0 Å². The molecule has 0 saturated carbocycles. The number of halogens is 3. The zero-order valence-electron chi connectivity index (χ0n) is 12.3. The molecule has 2 aromatic rings. The second-order valence-electron chi connectivity index (χ2n) is 4.96. The van der Waals surface area contributed by atoms with E-state index in [1.165, 1.54) is 0 Å². The van der Waals surface area contributed by atoms with E-state index in [2.05, 4.69) is 21.2 Å². The summed E-state index contributed by atoms with van der Waals surface area (Å²) in [5.41, 5.74) is 2.13. The SMILES string of the molecule is O=C(Cc1cccc(Br)c1)NCCSCc1ccc(Cl)c(Cl)c1. The summed E-state index contributed by atoms with van der Waals surface area (Å²) in [4.78, 5) is 11.9. The van der Waals surface area contributed by atoms with Crippen LogP contribution in [0.2, 0.25) is 10.0 Å². The first kappa shape index (κ1) is 18.7. The number of rotatable bonds is 7. The van der Waals surface area contributed by atoms with Crippen LogP contribution in [-0.4, -0.2) is 18.2 Å². The summed E-state index contributed by atoms with van der Waals surface area (Å²) in [6, 6.07) is 13.4. The van der Waals surface area contributed by atoms with Crippen molar-refractivity contribution in [2.45, 2.75) is 12.2 Å². The van der Waals surface area contributed by atoms with Crippen molar-refractivity contribution in [3.63, 3.8) is 0 Å². The Hall–Kier alpha value is -0.680. The molecule has 1 amide bonds. The van der Waals surface area contributed by atoms with Crippen LogP contribution in [0.25, 0.3) is 0 Å². The van der Waals surface area contributed by atoms with Gasteiger partial charge in [0, 0.05) is 22.5 Å². The highest BCUT2D eigenvalue weighted by molar-refractivity contribution is 9.10. The third-order valence-corrected chi connectivity index (χ3v) is 5.34. The van der Waals surface area contributed by atoms with Crippen molar-refractivity contribution < 1.29 is 4.79 Å². The molecule has 0 aliphatic heterocycles. The lowest BCUT2D eigenvalue weighted by molar-refractivity contribution is -0.120. The molecule has 6 heteroatoms. The van der Waals surface area contributed by atoms with Gasteiger partial charge in [-0.15, -0.1) is 0 Å². The predicted octanol–water partition coefficient (Wildman–Crippen LogP) is 5.35. The number of carbonyl (C=O) groups is 1. The van der Waals surface area contributed by atoms with Gasteiger partial charge in [0.2, 0.25) is 5.91 Å². The lowest BCUT2D eigenvalue weighted by Crippen LogP contribution is -2.27. The minimum atomic E-state index is 0.0400. The molecule has 0 unspecified atom stereocenters. The highest BCUT2D eigenvalue weighted by atomic mass is 79.9. The van der Waals surface area contributed by atoms with Crippen LogP contribution in [-0.2, 0) is 17.0 Å². The largest absolute Gasteiger partial charge is 0.355 e. The molecule has 0 aromatic heterocycles. The fraction of sp³-hybridized carbons (Fsp3) is 0.235. The van der Waals surface area contributed by atoms with Crippen molar-refractivity contribution in [2.75, 3.05) is 12.3 Å². The third-order valence-electron chi connectivity index (χ3n) is 3.08. The zero-order valence-corrected chi connectivity index (χ0v) is 16.2. The fourth-order valence-electron chi connectivity index (χ4n) is 1.98. The third kappa shape index (κ3) is 6.76. The Morgan fingerprint density at radius 3 is 2.65 bits per heavy atom. The lowest BCUT2D eigenvalue weighted by atomic mass is 10.1. The molecule has 0 atom stereocenters. The average Bonchev–Trinajstić information content (AvgIpc) is 2.50. The van der Waals surface area contributed by atoms with Crippen molar-refractivity contribution in [1.82, 2.24) is 5.32 Å². The van der Waals surface area contributed by atoms with Crippen LogP contribution in [0.1, 0.15) is 11.1 Å². The maximum absolute atomic E-state index is 11.9. The number of hydrogen-bond donors (Lipinski definition) is 1. The summed E-state index contributed by atoms with van der Waals surface area (Å²) in [5, 5.41) is 4.08. The Balaban J connectivity index is 1.65. The van der Waals surface area contributed by atoms with E-state index in [9.17, 15) is 4.79 Å². The zero-order chi connectivity index (χ0) is 16.7. The van der Waals surface area contributed by atoms with Gasteiger partial charge in [-0.2, -0.15) is 11.8 Å². The number of nitrogens with one attached hydrogen (secondary N) is 1. The summed E-state index contributed by atoms with van der Waals surface area (Å²) in [7, 11) is 0. The molecule has 0 spiro atoms. The second-order valence-corrected chi connectivity index (χ2v) is 7.79. The molecule has 0 aliphatic rings. The molecule has 2 nitrogen and oxygen atoms in total. The molecule has 0 fully saturated rings. The number of amides is 1. The van der Waals surface area contributed by atoms with Crippen LogP contribution in [0.5, 0.6) is 0 Å². The summed E-state index contributed by atoms with van der Waals surface area (Å²) >= 11 is 17.0. The molecule has 0 saturated heterocycles. The van der Waals surface area contributed by atoms with Crippen LogP contribution in [0.15, 0.2) is 46.9 Å². The molecule has 122 valence electrons. The van der Waals surface area contributed by atoms with Gasteiger partial charge >= 0.3 is 0 Å². The molecular weight excluding hydrogens is 417 g/mol. The minimum Gasteiger partial charge on any atom is -0.355 e. The predicted molar refractivity (Wildman–Crippen MR) is 103 cm³/mol. The van der Waals surface area contributed by atoms with Crippen molar-refractivity contribution in [2.24, 2.45) is 0 Å². The first-order valence-electron chi connectivity index (χ1n) is 7.07. The van der Waals surface area contributed by atoms with Crippen molar-refractivity contribution in [1.29, 1.82) is 0 Å². The van der Waals surface area contributed by atoms with Crippen LogP contribution >= 0.6 is 50.9 Å². The highest BCUT2D eigenvalue weighted by Gasteiger charge is 2.04. The van der Waals surface area contributed by atoms with Gasteiger partial charge in [-0.05, 0) is 35.4 Å². The van der Waals surface area contributed by atoms with E-state index in [0.29, 0.717) is 23.0 Å². The molecule has 0 heterocycles. The van der Waals surface area contributed by atoms with Gasteiger partial charge in [-0.25, -0.2) is 0 Å². The van der Waals surface area contributed by atoms with E-state index in [-0.39, 0.29) is 5.91 Å². The van der Waals surface area contributed by atoms with E-state index in [1.807, 2.05) is 36.4 Å². The van der Waals surface area contributed by atoms with Gasteiger partial charge in [0.25, 0.3) is 0 Å². The summed E-state index contributed by atoms with van der Waals surface area (Å²) in [5.74, 6) is 1.74. The maximum Gasteiger partial charge on any atom is 0.224 e. The summed E-state index contributed by atoms with van der Waals surface area (Å²) in [6.45, 7) is 0.652. The lowest BCUT2D eigenvalue weighted by Gasteiger charge is -2.06. The van der Waals surface area contributed by atoms with E-state index in [0.717, 1.165) is 27.1 Å². The minimum absolute atomic E-state index is 0.0400. The average molecular weight is 433 g/mol.